The minimum atomic E-state index is -2.02. The number of carbonyl (C=O) groups excluding carboxylic acids is 2. The van der Waals surface area contributed by atoms with Crippen molar-refractivity contribution in [3.05, 3.63) is 35.9 Å². The van der Waals surface area contributed by atoms with Gasteiger partial charge in [0.2, 0.25) is 5.91 Å². The fourth-order valence-electron chi connectivity index (χ4n) is 3.75. The normalized spacial score (nSPS) is 14.0. The van der Waals surface area contributed by atoms with Crippen LogP contribution in [0.15, 0.2) is 30.3 Å². The lowest BCUT2D eigenvalue weighted by Crippen LogP contribution is -2.47. The molecule has 1 rings (SSSR count). The Morgan fingerprint density at radius 2 is 1.63 bits per heavy atom. The lowest BCUT2D eigenvalue weighted by molar-refractivity contribution is -0.149. The number of nitrogens with one attached hydrogen (secondary N) is 1. The van der Waals surface area contributed by atoms with Gasteiger partial charge in [0.15, 0.2) is 8.32 Å². The van der Waals surface area contributed by atoms with E-state index in [1.165, 1.54) is 19.3 Å². The Kier molecular flexibility index (Phi) is 13.8. The van der Waals surface area contributed by atoms with Crippen LogP contribution < -0.4 is 5.32 Å². The van der Waals surface area contributed by atoms with Gasteiger partial charge >= 0.3 is 5.97 Å². The third-order valence-corrected chi connectivity index (χ3v) is 11.4. The van der Waals surface area contributed by atoms with Crippen LogP contribution in [-0.2, 0) is 25.4 Å². The maximum Gasteiger partial charge on any atom is 0.328 e. The van der Waals surface area contributed by atoms with Crippen LogP contribution in [-0.4, -0.2) is 32.3 Å². The first-order valence-electron chi connectivity index (χ1n) is 13.5. The van der Waals surface area contributed by atoms with Gasteiger partial charge in [-0.1, -0.05) is 104 Å². The molecule has 0 saturated carbocycles. The summed E-state index contributed by atoms with van der Waals surface area (Å²) in [6.45, 7) is 17.6. The SMILES string of the molecule is CCCCCCC[C@H](CC(=O)N[C@@H](CC(C)C)C(=O)OCc1ccccc1)O[Si](C)(C)C(C)(C)C. The summed E-state index contributed by atoms with van der Waals surface area (Å²) >= 11 is 0. The zero-order valence-corrected chi connectivity index (χ0v) is 24.6. The first kappa shape index (κ1) is 31.4. The average molecular weight is 506 g/mol. The van der Waals surface area contributed by atoms with Gasteiger partial charge < -0.3 is 14.5 Å². The number of esters is 1. The first-order chi connectivity index (χ1) is 16.4. The van der Waals surface area contributed by atoms with Crippen molar-refractivity contribution in [1.82, 2.24) is 5.32 Å². The number of unbranched alkanes of at least 4 members (excludes halogenated alkanes) is 4. The molecule has 6 heteroatoms. The summed E-state index contributed by atoms with van der Waals surface area (Å²) < 4.78 is 12.2. The minimum absolute atomic E-state index is 0.0748. The predicted molar refractivity (Wildman–Crippen MR) is 148 cm³/mol. The molecule has 5 nitrogen and oxygen atoms in total. The van der Waals surface area contributed by atoms with Gasteiger partial charge in [-0.3, -0.25) is 4.79 Å². The molecule has 1 N–H and O–H groups in total. The molecule has 0 heterocycles. The second-order valence-electron chi connectivity index (χ2n) is 11.8. The van der Waals surface area contributed by atoms with Gasteiger partial charge in [0.1, 0.15) is 12.6 Å². The van der Waals surface area contributed by atoms with Crippen LogP contribution in [0.5, 0.6) is 0 Å². The van der Waals surface area contributed by atoms with E-state index in [9.17, 15) is 9.59 Å². The Labute approximate surface area is 215 Å². The van der Waals surface area contributed by atoms with Crippen molar-refractivity contribution in [2.75, 3.05) is 0 Å². The molecule has 0 radical (unpaired) electrons. The standard InChI is InChI=1S/C29H51NO4Si/c1-9-10-11-12-16-19-25(34-35(7,8)29(4,5)6)21-27(31)30-26(20-23(2)3)28(32)33-22-24-17-14-13-15-18-24/h13-15,17-18,23,25-26H,9-12,16,19-22H2,1-8H3,(H,30,31)/t25-,26+/m1/s1. The van der Waals surface area contributed by atoms with E-state index >= 15 is 0 Å². The van der Waals surface area contributed by atoms with Crippen molar-refractivity contribution >= 4 is 20.2 Å². The fourth-order valence-corrected chi connectivity index (χ4v) is 5.13. The Morgan fingerprint density at radius 1 is 1.00 bits per heavy atom. The van der Waals surface area contributed by atoms with E-state index in [0.717, 1.165) is 24.8 Å². The minimum Gasteiger partial charge on any atom is -0.459 e. The van der Waals surface area contributed by atoms with Crippen LogP contribution in [0.3, 0.4) is 0 Å². The zero-order valence-electron chi connectivity index (χ0n) is 23.6. The highest BCUT2D eigenvalue weighted by Crippen LogP contribution is 2.38. The van der Waals surface area contributed by atoms with E-state index in [-0.39, 0.29) is 42.0 Å². The lowest BCUT2D eigenvalue weighted by Gasteiger charge is -2.39. The van der Waals surface area contributed by atoms with Gasteiger partial charge in [0.05, 0.1) is 12.5 Å². The van der Waals surface area contributed by atoms with E-state index in [2.05, 4.69) is 46.1 Å². The molecule has 1 aromatic carbocycles. The molecule has 1 amide bonds. The number of rotatable bonds is 16. The predicted octanol–water partition coefficient (Wildman–Crippen LogP) is 7.40. The molecule has 0 fully saturated rings. The Morgan fingerprint density at radius 3 is 2.20 bits per heavy atom. The molecule has 0 unspecified atom stereocenters. The van der Waals surface area contributed by atoms with Crippen molar-refractivity contribution in [1.29, 1.82) is 0 Å². The van der Waals surface area contributed by atoms with Gasteiger partial charge in [0, 0.05) is 0 Å². The molecule has 35 heavy (non-hydrogen) atoms. The van der Waals surface area contributed by atoms with Gasteiger partial charge in [-0.25, -0.2) is 4.79 Å². The van der Waals surface area contributed by atoms with Crippen LogP contribution in [0.1, 0.15) is 98.5 Å². The topological polar surface area (TPSA) is 64.6 Å². The molecule has 1 aromatic rings. The molecule has 0 aromatic heterocycles. The average Bonchev–Trinajstić information content (AvgIpc) is 2.76. The second kappa shape index (κ2) is 15.4. The van der Waals surface area contributed by atoms with Crippen molar-refractivity contribution in [3.63, 3.8) is 0 Å². The van der Waals surface area contributed by atoms with E-state index in [1.807, 2.05) is 44.2 Å². The molecule has 0 aliphatic rings. The lowest BCUT2D eigenvalue weighted by atomic mass is 10.0. The Balaban J connectivity index is 2.80. The zero-order chi connectivity index (χ0) is 26.5. The number of carbonyl (C=O) groups is 2. The molecular formula is C29H51NO4Si. The molecular weight excluding hydrogens is 454 g/mol. The Bertz CT molecular complexity index is 743. The number of hydrogen-bond donors (Lipinski definition) is 1. The quantitative estimate of drug-likeness (QED) is 0.144. The summed E-state index contributed by atoms with van der Waals surface area (Å²) in [5, 5.41) is 3.05. The molecule has 200 valence electrons. The van der Waals surface area contributed by atoms with Crippen LogP contribution in [0.25, 0.3) is 0 Å². The van der Waals surface area contributed by atoms with Crippen molar-refractivity contribution in [3.8, 4) is 0 Å². The monoisotopic (exact) mass is 505 g/mol. The molecule has 2 atom stereocenters. The van der Waals surface area contributed by atoms with Gasteiger partial charge in [-0.2, -0.15) is 0 Å². The highest BCUT2D eigenvalue weighted by molar-refractivity contribution is 6.74. The number of ether oxygens (including phenoxy) is 1. The number of hydrogen-bond acceptors (Lipinski definition) is 4. The summed E-state index contributed by atoms with van der Waals surface area (Å²) in [7, 11) is -2.02. The fraction of sp³-hybridized carbons (Fsp3) is 0.724. The van der Waals surface area contributed by atoms with E-state index in [0.29, 0.717) is 6.42 Å². The summed E-state index contributed by atoms with van der Waals surface area (Å²) in [5.41, 5.74) is 0.932. The van der Waals surface area contributed by atoms with E-state index in [1.54, 1.807) is 0 Å². The maximum absolute atomic E-state index is 13.1. The van der Waals surface area contributed by atoms with Crippen molar-refractivity contribution < 1.29 is 18.8 Å². The molecule has 0 aliphatic carbocycles. The van der Waals surface area contributed by atoms with Crippen LogP contribution >= 0.6 is 0 Å². The first-order valence-corrected chi connectivity index (χ1v) is 16.4. The van der Waals surface area contributed by atoms with Crippen LogP contribution in [0.4, 0.5) is 0 Å². The highest BCUT2D eigenvalue weighted by Gasteiger charge is 2.39. The summed E-state index contributed by atoms with van der Waals surface area (Å²) in [5.74, 6) is -0.260. The number of benzene rings is 1. The van der Waals surface area contributed by atoms with Gasteiger partial charge in [0.25, 0.3) is 0 Å². The van der Waals surface area contributed by atoms with Crippen LogP contribution in [0, 0.1) is 5.92 Å². The van der Waals surface area contributed by atoms with Crippen molar-refractivity contribution in [2.45, 2.75) is 130 Å². The molecule has 0 saturated heterocycles. The van der Waals surface area contributed by atoms with Gasteiger partial charge in [-0.15, -0.1) is 0 Å². The highest BCUT2D eigenvalue weighted by atomic mass is 28.4. The largest absolute Gasteiger partial charge is 0.459 e. The molecule has 0 bridgehead atoms. The summed E-state index contributed by atoms with van der Waals surface area (Å²) in [4.78, 5) is 26.0. The van der Waals surface area contributed by atoms with E-state index in [4.69, 9.17) is 9.16 Å². The third kappa shape index (κ3) is 12.7. The third-order valence-electron chi connectivity index (χ3n) is 6.86. The van der Waals surface area contributed by atoms with Crippen molar-refractivity contribution in [2.24, 2.45) is 5.92 Å². The van der Waals surface area contributed by atoms with Crippen LogP contribution in [0.2, 0.25) is 18.1 Å². The number of amides is 1. The maximum atomic E-state index is 13.1. The molecule has 0 spiro atoms. The summed E-state index contributed by atoms with van der Waals surface area (Å²) in [6.07, 6.45) is 7.47. The molecule has 0 aliphatic heterocycles. The Hall–Kier alpha value is -1.66. The van der Waals surface area contributed by atoms with E-state index < -0.39 is 14.4 Å². The summed E-state index contributed by atoms with van der Waals surface area (Å²) in [6, 6.07) is 8.96. The second-order valence-corrected chi connectivity index (χ2v) is 16.5. The van der Waals surface area contributed by atoms with Gasteiger partial charge in [-0.05, 0) is 42.5 Å². The smallest absolute Gasteiger partial charge is 0.328 e.